The average molecular weight is 183 g/mol. The predicted molar refractivity (Wildman–Crippen MR) is 56.7 cm³/mol. The van der Waals surface area contributed by atoms with Crippen molar-refractivity contribution in [1.29, 1.82) is 0 Å². The summed E-state index contributed by atoms with van der Waals surface area (Å²) in [5, 5.41) is 0. The lowest BCUT2D eigenvalue weighted by molar-refractivity contribution is 0.00112. The normalized spacial score (nSPS) is 21.5. The largest absolute Gasteiger partial charge is 0.375 e. The van der Waals surface area contributed by atoms with Gasteiger partial charge in [0.2, 0.25) is 0 Å². The smallest absolute Gasteiger partial charge is 0.0598 e. The second-order valence-electron chi connectivity index (χ2n) is 5.07. The molecule has 1 saturated carbocycles. The highest BCUT2D eigenvalue weighted by Gasteiger charge is 2.17. The molecule has 0 unspecified atom stereocenters. The molecule has 0 aromatic carbocycles. The highest BCUT2D eigenvalue weighted by molar-refractivity contribution is 4.91. The third-order valence-corrected chi connectivity index (χ3v) is 2.52. The number of hydrogen-bond acceptors (Lipinski definition) is 1. The van der Waals surface area contributed by atoms with Gasteiger partial charge in [0, 0.05) is 5.92 Å². The number of ether oxygens (including phenoxy) is 1. The maximum absolute atomic E-state index is 5.79. The summed E-state index contributed by atoms with van der Waals surface area (Å²) in [4.78, 5) is 0. The molecule has 0 spiro atoms. The van der Waals surface area contributed by atoms with Gasteiger partial charge in [-0.25, -0.2) is 0 Å². The molecule has 1 nitrogen and oxygen atoms in total. The van der Waals surface area contributed by atoms with E-state index in [1.165, 1.54) is 38.5 Å². The fourth-order valence-corrected chi connectivity index (χ4v) is 1.69. The van der Waals surface area contributed by atoms with Crippen LogP contribution in [-0.4, -0.2) is 12.2 Å². The Hall–Kier alpha value is -0.0400. The standard InChI is InChI=1S/C12H23O/c1-12(2,3)13-10-11-8-6-4-5-7-9-11/h4-10H2,1-3H3. The third-order valence-electron chi connectivity index (χ3n) is 2.52. The van der Waals surface area contributed by atoms with E-state index in [1.54, 1.807) is 5.92 Å². The Morgan fingerprint density at radius 1 is 1.00 bits per heavy atom. The first kappa shape index (κ1) is 11.0. The van der Waals surface area contributed by atoms with Gasteiger partial charge in [-0.2, -0.15) is 0 Å². The molecule has 1 fully saturated rings. The topological polar surface area (TPSA) is 9.23 Å². The Bertz CT molecular complexity index is 127. The average Bonchev–Trinajstić information content (AvgIpc) is 2.26. The van der Waals surface area contributed by atoms with Crippen LogP contribution in [0, 0.1) is 5.92 Å². The first-order valence-corrected chi connectivity index (χ1v) is 5.55. The maximum atomic E-state index is 5.79. The second kappa shape index (κ2) is 4.99. The van der Waals surface area contributed by atoms with Gasteiger partial charge in [0.15, 0.2) is 0 Å². The fourth-order valence-electron chi connectivity index (χ4n) is 1.69. The summed E-state index contributed by atoms with van der Waals surface area (Å²) in [5.41, 5.74) is 0.0271. The molecule has 0 atom stereocenters. The summed E-state index contributed by atoms with van der Waals surface area (Å²) in [6.45, 7) is 7.28. The van der Waals surface area contributed by atoms with Gasteiger partial charge in [-0.3, -0.25) is 0 Å². The zero-order valence-corrected chi connectivity index (χ0v) is 9.36. The molecule has 0 aromatic heterocycles. The minimum absolute atomic E-state index is 0.0271. The molecular weight excluding hydrogens is 160 g/mol. The zero-order valence-electron chi connectivity index (χ0n) is 9.36. The lowest BCUT2D eigenvalue weighted by Gasteiger charge is -2.23. The van der Waals surface area contributed by atoms with E-state index < -0.39 is 0 Å². The van der Waals surface area contributed by atoms with E-state index in [1.807, 2.05) is 0 Å². The molecule has 0 saturated heterocycles. The highest BCUT2D eigenvalue weighted by Crippen LogP contribution is 2.25. The molecule has 0 bridgehead atoms. The zero-order chi connectivity index (χ0) is 9.73. The van der Waals surface area contributed by atoms with E-state index in [0.717, 1.165) is 6.61 Å². The van der Waals surface area contributed by atoms with E-state index in [9.17, 15) is 0 Å². The van der Waals surface area contributed by atoms with Gasteiger partial charge in [-0.15, -0.1) is 0 Å². The minimum Gasteiger partial charge on any atom is -0.375 e. The van der Waals surface area contributed by atoms with Crippen LogP contribution in [0.2, 0.25) is 0 Å². The van der Waals surface area contributed by atoms with Crippen LogP contribution in [0.15, 0.2) is 0 Å². The van der Waals surface area contributed by atoms with E-state index in [0.29, 0.717) is 0 Å². The summed E-state index contributed by atoms with van der Waals surface area (Å²) in [5.74, 6) is 1.63. The van der Waals surface area contributed by atoms with Gasteiger partial charge >= 0.3 is 0 Å². The molecule has 1 aliphatic rings. The van der Waals surface area contributed by atoms with Crippen molar-refractivity contribution in [1.82, 2.24) is 0 Å². The summed E-state index contributed by atoms with van der Waals surface area (Å²) < 4.78 is 5.79. The van der Waals surface area contributed by atoms with Crippen LogP contribution in [0.5, 0.6) is 0 Å². The highest BCUT2D eigenvalue weighted by atomic mass is 16.5. The van der Waals surface area contributed by atoms with E-state index in [4.69, 9.17) is 4.74 Å². The molecule has 77 valence electrons. The van der Waals surface area contributed by atoms with Crippen LogP contribution in [0.4, 0.5) is 0 Å². The first-order valence-electron chi connectivity index (χ1n) is 5.55. The monoisotopic (exact) mass is 183 g/mol. The predicted octanol–water partition coefficient (Wildman–Crippen LogP) is 3.73. The second-order valence-corrected chi connectivity index (χ2v) is 5.07. The Balaban J connectivity index is 2.19. The Kier molecular flexibility index (Phi) is 4.24. The Morgan fingerprint density at radius 2 is 1.54 bits per heavy atom. The van der Waals surface area contributed by atoms with Crippen molar-refractivity contribution in [3.05, 3.63) is 5.92 Å². The fraction of sp³-hybridized carbons (Fsp3) is 0.917. The maximum Gasteiger partial charge on any atom is 0.0598 e. The van der Waals surface area contributed by atoms with Crippen LogP contribution in [0.25, 0.3) is 0 Å². The SMILES string of the molecule is CC(C)(C)OC[C]1CCCCCC1. The lowest BCUT2D eigenvalue weighted by atomic mass is 10.0. The van der Waals surface area contributed by atoms with Gasteiger partial charge in [0.25, 0.3) is 0 Å². The van der Waals surface area contributed by atoms with Crippen LogP contribution < -0.4 is 0 Å². The van der Waals surface area contributed by atoms with E-state index >= 15 is 0 Å². The molecule has 1 rings (SSSR count). The molecule has 1 aliphatic carbocycles. The summed E-state index contributed by atoms with van der Waals surface area (Å²) in [6.07, 6.45) is 8.19. The first-order chi connectivity index (χ1) is 6.08. The van der Waals surface area contributed by atoms with Crippen molar-refractivity contribution in [3.63, 3.8) is 0 Å². The summed E-state index contributed by atoms with van der Waals surface area (Å²) in [7, 11) is 0. The number of hydrogen-bond donors (Lipinski definition) is 0. The summed E-state index contributed by atoms with van der Waals surface area (Å²) in [6, 6.07) is 0. The quantitative estimate of drug-likeness (QED) is 0.593. The molecule has 0 heterocycles. The van der Waals surface area contributed by atoms with Gasteiger partial charge in [0.1, 0.15) is 0 Å². The summed E-state index contributed by atoms with van der Waals surface area (Å²) >= 11 is 0. The van der Waals surface area contributed by atoms with Crippen LogP contribution >= 0.6 is 0 Å². The lowest BCUT2D eigenvalue weighted by Crippen LogP contribution is -2.22. The molecule has 0 N–H and O–H groups in total. The van der Waals surface area contributed by atoms with Crippen molar-refractivity contribution in [2.75, 3.05) is 6.61 Å². The van der Waals surface area contributed by atoms with Crippen molar-refractivity contribution >= 4 is 0 Å². The van der Waals surface area contributed by atoms with E-state index in [-0.39, 0.29) is 5.60 Å². The molecule has 0 aromatic rings. The van der Waals surface area contributed by atoms with Crippen LogP contribution in [0.3, 0.4) is 0 Å². The molecule has 0 aliphatic heterocycles. The molecule has 1 heteroatoms. The molecule has 13 heavy (non-hydrogen) atoms. The Labute approximate surface area is 82.9 Å². The Morgan fingerprint density at radius 3 is 2.00 bits per heavy atom. The van der Waals surface area contributed by atoms with Crippen LogP contribution in [0.1, 0.15) is 59.3 Å². The van der Waals surface area contributed by atoms with Crippen molar-refractivity contribution < 1.29 is 4.74 Å². The van der Waals surface area contributed by atoms with Gasteiger partial charge in [0.05, 0.1) is 12.2 Å². The molecule has 1 radical (unpaired) electrons. The van der Waals surface area contributed by atoms with Crippen molar-refractivity contribution in [2.24, 2.45) is 0 Å². The van der Waals surface area contributed by atoms with Gasteiger partial charge < -0.3 is 4.74 Å². The third kappa shape index (κ3) is 5.30. The van der Waals surface area contributed by atoms with Crippen molar-refractivity contribution in [2.45, 2.75) is 64.9 Å². The van der Waals surface area contributed by atoms with Crippen LogP contribution in [-0.2, 0) is 4.74 Å². The number of rotatable bonds is 2. The van der Waals surface area contributed by atoms with Gasteiger partial charge in [-0.1, -0.05) is 25.7 Å². The van der Waals surface area contributed by atoms with E-state index in [2.05, 4.69) is 20.8 Å². The minimum atomic E-state index is 0.0271. The van der Waals surface area contributed by atoms with Crippen molar-refractivity contribution in [3.8, 4) is 0 Å². The molecular formula is C12H23O. The molecule has 0 amide bonds. The van der Waals surface area contributed by atoms with Gasteiger partial charge in [-0.05, 0) is 33.6 Å².